The summed E-state index contributed by atoms with van der Waals surface area (Å²) in [7, 11) is 0. The maximum atomic E-state index is 12.2. The third-order valence-electron chi connectivity index (χ3n) is 3.51. The van der Waals surface area contributed by atoms with E-state index < -0.39 is 0 Å². The smallest absolute Gasteiger partial charge is 0.263 e. The lowest BCUT2D eigenvalue weighted by Gasteiger charge is -2.10. The van der Waals surface area contributed by atoms with Gasteiger partial charge in [-0.15, -0.1) is 0 Å². The molecule has 0 aliphatic rings. The molecule has 3 rings (SSSR count). The Morgan fingerprint density at radius 3 is 2.72 bits per heavy atom. The Morgan fingerprint density at radius 1 is 1.16 bits per heavy atom. The molecule has 3 aromatic rings. The van der Waals surface area contributed by atoms with Gasteiger partial charge in [0.25, 0.3) is 5.91 Å². The van der Waals surface area contributed by atoms with E-state index in [2.05, 4.69) is 10.4 Å². The van der Waals surface area contributed by atoms with E-state index in [9.17, 15) is 4.79 Å². The van der Waals surface area contributed by atoms with Gasteiger partial charge in [0.05, 0.1) is 11.4 Å². The first-order valence-corrected chi connectivity index (χ1v) is 8.21. The van der Waals surface area contributed by atoms with Crippen LogP contribution in [0.25, 0.3) is 5.69 Å². The normalized spacial score (nSPS) is 10.5. The van der Waals surface area contributed by atoms with E-state index in [1.807, 2.05) is 50.2 Å². The van der Waals surface area contributed by atoms with Crippen LogP contribution in [-0.2, 0) is 4.79 Å². The predicted octanol–water partition coefficient (Wildman–Crippen LogP) is 4.16. The summed E-state index contributed by atoms with van der Waals surface area (Å²) >= 11 is 6.04. The van der Waals surface area contributed by atoms with Crippen LogP contribution in [0.1, 0.15) is 11.3 Å². The number of hydrogen-bond acceptors (Lipinski definition) is 3. The molecule has 25 heavy (non-hydrogen) atoms. The molecular weight excluding hydrogens is 338 g/mol. The van der Waals surface area contributed by atoms with Crippen LogP contribution in [0.15, 0.2) is 54.6 Å². The molecule has 0 atom stereocenters. The van der Waals surface area contributed by atoms with Crippen LogP contribution in [-0.4, -0.2) is 22.3 Å². The summed E-state index contributed by atoms with van der Waals surface area (Å²) in [5.74, 6) is 0.969. The number of hydrogen-bond donors (Lipinski definition) is 1. The molecule has 2 aromatic carbocycles. The second-order valence-electron chi connectivity index (χ2n) is 5.72. The largest absolute Gasteiger partial charge is 0.484 e. The molecule has 1 N–H and O–H groups in total. The lowest BCUT2D eigenvalue weighted by atomic mass is 10.2. The zero-order valence-corrected chi connectivity index (χ0v) is 14.7. The monoisotopic (exact) mass is 355 g/mol. The highest BCUT2D eigenvalue weighted by molar-refractivity contribution is 6.30. The molecule has 0 aliphatic heterocycles. The molecular formula is C19H18ClN3O2. The fourth-order valence-corrected chi connectivity index (χ4v) is 2.61. The highest BCUT2D eigenvalue weighted by Crippen LogP contribution is 2.20. The van der Waals surface area contributed by atoms with Crippen molar-refractivity contribution in [3.05, 3.63) is 70.9 Å². The number of ether oxygens (including phenoxy) is 1. The molecule has 0 saturated carbocycles. The number of nitrogens with zero attached hydrogens (tertiary/aromatic N) is 2. The molecule has 6 heteroatoms. The van der Waals surface area contributed by atoms with Crippen LogP contribution < -0.4 is 10.1 Å². The van der Waals surface area contributed by atoms with Crippen molar-refractivity contribution in [2.45, 2.75) is 13.8 Å². The maximum Gasteiger partial charge on any atom is 0.263 e. The number of aromatic nitrogens is 2. The van der Waals surface area contributed by atoms with E-state index in [-0.39, 0.29) is 12.5 Å². The third-order valence-corrected chi connectivity index (χ3v) is 3.75. The summed E-state index contributed by atoms with van der Waals surface area (Å²) in [6, 6.07) is 16.6. The van der Waals surface area contributed by atoms with Crippen molar-refractivity contribution in [3.63, 3.8) is 0 Å². The fourth-order valence-electron chi connectivity index (χ4n) is 2.43. The van der Waals surface area contributed by atoms with Crippen molar-refractivity contribution < 1.29 is 9.53 Å². The minimum atomic E-state index is -0.260. The maximum absolute atomic E-state index is 12.2. The number of rotatable bonds is 5. The molecule has 0 fully saturated rings. The first kappa shape index (κ1) is 17.0. The van der Waals surface area contributed by atoms with E-state index in [4.69, 9.17) is 16.3 Å². The number of anilines is 1. The average Bonchev–Trinajstić information content (AvgIpc) is 2.93. The molecule has 1 heterocycles. The zero-order chi connectivity index (χ0) is 17.8. The van der Waals surface area contributed by atoms with E-state index in [1.165, 1.54) is 0 Å². The zero-order valence-electron chi connectivity index (χ0n) is 14.0. The highest BCUT2D eigenvalue weighted by atomic mass is 35.5. The average molecular weight is 356 g/mol. The van der Waals surface area contributed by atoms with Crippen LogP contribution in [0.2, 0.25) is 5.02 Å². The van der Waals surface area contributed by atoms with Crippen molar-refractivity contribution in [1.82, 2.24) is 9.78 Å². The van der Waals surface area contributed by atoms with E-state index >= 15 is 0 Å². The Kier molecular flexibility index (Phi) is 5.05. The molecule has 128 valence electrons. The molecule has 0 spiro atoms. The van der Waals surface area contributed by atoms with E-state index in [1.54, 1.807) is 22.9 Å². The van der Waals surface area contributed by atoms with Crippen LogP contribution >= 0.6 is 11.6 Å². The number of aryl methyl sites for hydroxylation is 2. The summed E-state index contributed by atoms with van der Waals surface area (Å²) in [6.07, 6.45) is 0. The highest BCUT2D eigenvalue weighted by Gasteiger charge is 2.12. The molecule has 0 unspecified atom stereocenters. The molecule has 1 aromatic heterocycles. The number of benzene rings is 2. The minimum absolute atomic E-state index is 0.0801. The molecule has 0 aliphatic carbocycles. The van der Waals surface area contributed by atoms with Crippen molar-refractivity contribution in [2.75, 3.05) is 11.9 Å². The standard InChI is InChI=1S/C19H18ClN3O2/c1-13-5-3-8-17(9-13)25-12-19(24)21-18-10-14(2)22-23(18)16-7-4-6-15(20)11-16/h3-11H,12H2,1-2H3,(H,21,24). The fraction of sp³-hybridized carbons (Fsp3) is 0.158. The number of carbonyl (C=O) groups is 1. The number of amides is 1. The van der Waals surface area contributed by atoms with Gasteiger partial charge in [-0.25, -0.2) is 4.68 Å². The SMILES string of the molecule is Cc1cccc(OCC(=O)Nc2cc(C)nn2-c2cccc(Cl)c2)c1. The second-order valence-corrected chi connectivity index (χ2v) is 6.15. The van der Waals surface area contributed by atoms with Crippen LogP contribution in [0.4, 0.5) is 5.82 Å². The molecule has 0 bridgehead atoms. The Bertz CT molecular complexity index is 905. The lowest BCUT2D eigenvalue weighted by Crippen LogP contribution is -2.21. The summed E-state index contributed by atoms with van der Waals surface area (Å²) in [5, 5.41) is 7.84. The van der Waals surface area contributed by atoms with Gasteiger partial charge in [-0.2, -0.15) is 5.10 Å². The third kappa shape index (κ3) is 4.39. The Balaban J connectivity index is 1.71. The predicted molar refractivity (Wildman–Crippen MR) is 98.6 cm³/mol. The van der Waals surface area contributed by atoms with E-state index in [0.717, 1.165) is 16.9 Å². The van der Waals surface area contributed by atoms with Gasteiger partial charge in [-0.1, -0.05) is 29.8 Å². The van der Waals surface area contributed by atoms with Gasteiger partial charge in [-0.3, -0.25) is 4.79 Å². The van der Waals surface area contributed by atoms with Gasteiger partial charge in [-0.05, 0) is 49.7 Å². The van der Waals surface area contributed by atoms with Crippen molar-refractivity contribution >= 4 is 23.3 Å². The van der Waals surface area contributed by atoms with Gasteiger partial charge in [0.15, 0.2) is 6.61 Å². The summed E-state index contributed by atoms with van der Waals surface area (Å²) in [6.45, 7) is 3.75. The summed E-state index contributed by atoms with van der Waals surface area (Å²) < 4.78 is 7.17. The number of nitrogens with one attached hydrogen (secondary N) is 1. The summed E-state index contributed by atoms with van der Waals surface area (Å²) in [5.41, 5.74) is 2.64. The molecule has 0 radical (unpaired) electrons. The van der Waals surface area contributed by atoms with Gasteiger partial charge >= 0.3 is 0 Å². The first-order valence-electron chi connectivity index (χ1n) is 7.83. The Labute approximate surface area is 151 Å². The van der Waals surface area contributed by atoms with Crippen molar-refractivity contribution in [1.29, 1.82) is 0 Å². The van der Waals surface area contributed by atoms with Gasteiger partial charge in [0.2, 0.25) is 0 Å². The summed E-state index contributed by atoms with van der Waals surface area (Å²) in [4.78, 5) is 12.2. The molecule has 1 amide bonds. The first-order chi connectivity index (χ1) is 12.0. The van der Waals surface area contributed by atoms with Gasteiger partial charge in [0, 0.05) is 11.1 Å². The van der Waals surface area contributed by atoms with E-state index in [0.29, 0.717) is 16.6 Å². The van der Waals surface area contributed by atoms with Crippen molar-refractivity contribution in [3.8, 4) is 11.4 Å². The van der Waals surface area contributed by atoms with Gasteiger partial charge in [0.1, 0.15) is 11.6 Å². The lowest BCUT2D eigenvalue weighted by molar-refractivity contribution is -0.118. The molecule has 5 nitrogen and oxygen atoms in total. The minimum Gasteiger partial charge on any atom is -0.484 e. The Hall–Kier alpha value is -2.79. The number of carbonyl (C=O) groups excluding carboxylic acids is 1. The quantitative estimate of drug-likeness (QED) is 0.747. The second kappa shape index (κ2) is 7.40. The topological polar surface area (TPSA) is 56.1 Å². The number of halogens is 1. The Morgan fingerprint density at radius 2 is 1.96 bits per heavy atom. The van der Waals surface area contributed by atoms with Crippen LogP contribution in [0, 0.1) is 13.8 Å². The molecule has 0 saturated heterocycles. The van der Waals surface area contributed by atoms with Gasteiger partial charge < -0.3 is 10.1 Å². The van der Waals surface area contributed by atoms with Crippen LogP contribution in [0.3, 0.4) is 0 Å². The van der Waals surface area contributed by atoms with Crippen molar-refractivity contribution in [2.24, 2.45) is 0 Å². The van der Waals surface area contributed by atoms with Crippen LogP contribution in [0.5, 0.6) is 5.75 Å².